The van der Waals surface area contributed by atoms with E-state index in [-0.39, 0.29) is 28.4 Å². The monoisotopic (exact) mass is 1010 g/mol. The van der Waals surface area contributed by atoms with Gasteiger partial charge >= 0.3 is 0 Å². The topological polar surface area (TPSA) is 19.6 Å². The normalized spacial score (nSPS) is 13.8. The summed E-state index contributed by atoms with van der Waals surface area (Å²) in [7, 11) is 0. The molecule has 78 heavy (non-hydrogen) atoms. The van der Waals surface area contributed by atoms with Gasteiger partial charge in [0.15, 0.2) is 0 Å². The van der Waals surface area contributed by atoms with Crippen LogP contribution in [0.3, 0.4) is 0 Å². The number of benzene rings is 11. The fourth-order valence-corrected chi connectivity index (χ4v) is 12.8. The molecule has 0 bridgehead atoms. The van der Waals surface area contributed by atoms with E-state index in [2.05, 4.69) is 281 Å². The number of hydrogen-bond acceptors (Lipinski definition) is 3. The van der Waals surface area contributed by atoms with Crippen molar-refractivity contribution in [2.75, 3.05) is 9.80 Å². The second kappa shape index (κ2) is 16.7. The van der Waals surface area contributed by atoms with Crippen LogP contribution < -0.4 is 26.2 Å². The highest BCUT2D eigenvalue weighted by Crippen LogP contribution is 2.50. The van der Waals surface area contributed by atoms with Crippen LogP contribution in [0, 0.1) is 0 Å². The number of rotatable bonds is 3. The van der Waals surface area contributed by atoms with Gasteiger partial charge in [0.05, 0.1) is 0 Å². The minimum Gasteiger partial charge on any atom is -0.456 e. The van der Waals surface area contributed by atoms with Gasteiger partial charge in [-0.3, -0.25) is 0 Å². The van der Waals surface area contributed by atoms with Crippen LogP contribution in [0.2, 0.25) is 0 Å². The first-order valence-electron chi connectivity index (χ1n) is 28.1. The lowest BCUT2D eigenvalue weighted by atomic mass is 9.33. The van der Waals surface area contributed by atoms with Crippen LogP contribution in [0.15, 0.2) is 192 Å². The van der Waals surface area contributed by atoms with E-state index in [1.807, 2.05) is 0 Å². The molecule has 11 aromatic carbocycles. The number of para-hydroxylation sites is 1. The molecule has 0 unspecified atom stereocenters. The minimum atomic E-state index is -0.107. The molecule has 0 aliphatic carbocycles. The third-order valence-corrected chi connectivity index (χ3v) is 17.3. The Kier molecular flexibility index (Phi) is 10.4. The van der Waals surface area contributed by atoms with Crippen molar-refractivity contribution < 1.29 is 4.42 Å². The van der Waals surface area contributed by atoms with Gasteiger partial charge in [-0.25, -0.2) is 0 Å². The molecular weight excluding hydrogens is 944 g/mol. The molecule has 2 aliphatic heterocycles. The molecule has 12 aromatic rings. The molecule has 0 N–H and O–H groups in total. The zero-order valence-electron chi connectivity index (χ0n) is 47.3. The van der Waals surface area contributed by atoms with E-state index in [1.165, 1.54) is 116 Å². The zero-order valence-corrected chi connectivity index (χ0v) is 47.3. The molecule has 4 heteroatoms. The van der Waals surface area contributed by atoms with Crippen LogP contribution in [-0.2, 0) is 21.7 Å². The summed E-state index contributed by atoms with van der Waals surface area (Å²) in [5, 5.41) is 12.3. The molecule has 0 fully saturated rings. The number of anilines is 6. The molecule has 0 saturated heterocycles. The van der Waals surface area contributed by atoms with Crippen molar-refractivity contribution in [1.29, 1.82) is 0 Å². The first kappa shape index (κ1) is 48.3. The zero-order chi connectivity index (χ0) is 53.9. The molecule has 0 radical (unpaired) electrons. The number of furan rings is 1. The molecule has 382 valence electrons. The van der Waals surface area contributed by atoms with Gasteiger partial charge in [-0.2, -0.15) is 0 Å². The summed E-state index contributed by atoms with van der Waals surface area (Å²) in [6.45, 7) is 28.2. The lowest BCUT2D eigenvalue weighted by Crippen LogP contribution is -2.61. The standard InChI is InChI=1S/C74H67BN2O/c1-71(2,3)50-36-51(72(4,5)6)39-54(38-50)76-64-42-60-47(27-25-44-19-13-15-21-56(44)60)31-62(64)75-63-32-48-28-26-45-20-14-16-22-57(45)61(48)43-65(63)77(55-40-52(73(7,8)9)37-53(41-55)74(10,11)12)67-34-49(33-66(76)70(67)75)46-29-30-59-58-23-17-18-24-68(58)78-69(59)35-46/h13-43H,1-12H3. The van der Waals surface area contributed by atoms with Crippen molar-refractivity contribution >= 4 is 122 Å². The van der Waals surface area contributed by atoms with Crippen molar-refractivity contribution in [1.82, 2.24) is 0 Å². The van der Waals surface area contributed by atoms with Crippen molar-refractivity contribution in [3.63, 3.8) is 0 Å². The molecule has 3 nitrogen and oxygen atoms in total. The Labute approximate surface area is 460 Å². The van der Waals surface area contributed by atoms with Crippen molar-refractivity contribution in [3.05, 3.63) is 210 Å². The maximum absolute atomic E-state index is 6.70. The van der Waals surface area contributed by atoms with Crippen molar-refractivity contribution in [3.8, 4) is 11.1 Å². The quantitative estimate of drug-likeness (QED) is 0.130. The Bertz CT molecular complexity index is 4220. The Morgan fingerprint density at radius 3 is 1.18 bits per heavy atom. The molecule has 2 aliphatic rings. The van der Waals surface area contributed by atoms with E-state index in [9.17, 15) is 0 Å². The highest BCUT2D eigenvalue weighted by atomic mass is 16.3. The summed E-state index contributed by atoms with van der Waals surface area (Å²) in [4.78, 5) is 5.31. The highest BCUT2D eigenvalue weighted by Gasteiger charge is 2.45. The van der Waals surface area contributed by atoms with Crippen LogP contribution in [0.1, 0.15) is 105 Å². The molecule has 3 heterocycles. The first-order valence-corrected chi connectivity index (χ1v) is 28.1. The van der Waals surface area contributed by atoms with Gasteiger partial charge in [0.1, 0.15) is 11.2 Å². The summed E-state index contributed by atoms with van der Waals surface area (Å²) >= 11 is 0. The van der Waals surface area contributed by atoms with Crippen LogP contribution in [-0.4, -0.2) is 6.71 Å². The average molecular weight is 1010 g/mol. The maximum atomic E-state index is 6.70. The highest BCUT2D eigenvalue weighted by molar-refractivity contribution is 7.00. The Morgan fingerprint density at radius 1 is 0.308 bits per heavy atom. The summed E-state index contributed by atoms with van der Waals surface area (Å²) in [6, 6.07) is 72.4. The fourth-order valence-electron chi connectivity index (χ4n) is 12.8. The predicted octanol–water partition coefficient (Wildman–Crippen LogP) is 19.1. The van der Waals surface area contributed by atoms with E-state index < -0.39 is 0 Å². The van der Waals surface area contributed by atoms with Crippen LogP contribution in [0.4, 0.5) is 34.1 Å². The molecule has 1 aromatic heterocycles. The molecule has 0 atom stereocenters. The summed E-state index contributed by atoms with van der Waals surface area (Å²) < 4.78 is 6.70. The van der Waals surface area contributed by atoms with E-state index in [4.69, 9.17) is 4.42 Å². The number of fused-ring (bicyclic) bond motifs is 13. The maximum Gasteiger partial charge on any atom is 0.252 e. The molecule has 0 amide bonds. The third kappa shape index (κ3) is 7.61. The lowest BCUT2D eigenvalue weighted by molar-refractivity contribution is 0.568. The molecule has 0 saturated carbocycles. The SMILES string of the molecule is CC(C)(C)c1cc(N2c3cc4c(ccc5ccccc54)cc3B3c4cc5ccc6ccccc6c5cc4N(c4cc(C(C)(C)C)cc(C(C)(C)C)c4)c4cc(-c5ccc6c(c5)oc5ccccc56)cc2c43)cc(C(C)(C)C)c1. The number of hydrogen-bond donors (Lipinski definition) is 0. The summed E-state index contributed by atoms with van der Waals surface area (Å²) in [5.41, 5.74) is 19.9. The first-order chi connectivity index (χ1) is 37.2. The minimum absolute atomic E-state index is 0.105. The van der Waals surface area contributed by atoms with E-state index in [1.54, 1.807) is 0 Å². The Morgan fingerprint density at radius 2 is 0.718 bits per heavy atom. The Hall–Kier alpha value is -8.08. The van der Waals surface area contributed by atoms with Crippen molar-refractivity contribution in [2.24, 2.45) is 0 Å². The van der Waals surface area contributed by atoms with E-state index in [0.29, 0.717) is 0 Å². The van der Waals surface area contributed by atoms with Gasteiger partial charge in [0, 0.05) is 44.9 Å². The van der Waals surface area contributed by atoms with Crippen LogP contribution in [0.5, 0.6) is 0 Å². The van der Waals surface area contributed by atoms with Gasteiger partial charge in [0.25, 0.3) is 6.71 Å². The second-order valence-corrected chi connectivity index (χ2v) is 26.7. The van der Waals surface area contributed by atoms with Gasteiger partial charge in [-0.15, -0.1) is 0 Å². The van der Waals surface area contributed by atoms with Gasteiger partial charge in [-0.1, -0.05) is 204 Å². The van der Waals surface area contributed by atoms with Crippen LogP contribution >= 0.6 is 0 Å². The van der Waals surface area contributed by atoms with E-state index in [0.717, 1.165) is 33.1 Å². The van der Waals surface area contributed by atoms with Gasteiger partial charge in [-0.05, 0) is 181 Å². The molecule has 14 rings (SSSR count). The molecular formula is C74H67BN2O. The van der Waals surface area contributed by atoms with Gasteiger partial charge in [0.2, 0.25) is 0 Å². The molecule has 0 spiro atoms. The van der Waals surface area contributed by atoms with Crippen molar-refractivity contribution in [2.45, 2.75) is 105 Å². The average Bonchev–Trinajstić information content (AvgIpc) is 2.96. The third-order valence-electron chi connectivity index (χ3n) is 17.3. The van der Waals surface area contributed by atoms with Gasteiger partial charge < -0.3 is 14.2 Å². The predicted molar refractivity (Wildman–Crippen MR) is 338 cm³/mol. The largest absolute Gasteiger partial charge is 0.456 e. The smallest absolute Gasteiger partial charge is 0.252 e. The fraction of sp³-hybridized carbons (Fsp3) is 0.216. The second-order valence-electron chi connectivity index (χ2n) is 26.7. The lowest BCUT2D eigenvalue weighted by Gasteiger charge is -2.45. The van der Waals surface area contributed by atoms with Crippen LogP contribution in [0.25, 0.3) is 76.2 Å². The summed E-state index contributed by atoms with van der Waals surface area (Å²) in [6.07, 6.45) is 0. The Balaban J connectivity index is 1.18. The summed E-state index contributed by atoms with van der Waals surface area (Å²) in [5.74, 6) is 0. The van der Waals surface area contributed by atoms with E-state index >= 15 is 0 Å². The number of nitrogens with zero attached hydrogens (tertiary/aromatic N) is 2.